The van der Waals surface area contributed by atoms with Crippen LogP contribution in [-0.2, 0) is 66.5 Å². The molecule has 0 bridgehead atoms. The summed E-state index contributed by atoms with van der Waals surface area (Å²) in [5, 5.41) is 23.6. The number of carbonyl (C=O) groups is 4. The highest BCUT2D eigenvalue weighted by Crippen LogP contribution is 2.38. The van der Waals surface area contributed by atoms with Gasteiger partial charge in [0.15, 0.2) is 25.0 Å². The largest absolute Gasteiger partial charge is 0.462 e. The number of methoxy groups -OCH3 is 1. The van der Waals surface area contributed by atoms with Crippen LogP contribution in [-0.4, -0.2) is 183 Å². The van der Waals surface area contributed by atoms with E-state index in [1.54, 1.807) is 53.6 Å². The molecule has 4 aliphatic heterocycles. The number of nitrogens with zero attached hydrogens (tertiary/aromatic N) is 2. The molecule has 0 amide bonds. The Balaban J connectivity index is 1.73. The molecule has 66 heavy (non-hydrogen) atoms. The Kier molecular flexibility index (Phi) is 21.7. The number of hydrogen-bond acceptors (Lipinski definition) is 18. The Hall–Kier alpha value is -2.88. The van der Waals surface area contributed by atoms with Gasteiger partial charge in [-0.3, -0.25) is 14.4 Å². The molecule has 0 aromatic rings. The Labute approximate surface area is 391 Å². The van der Waals surface area contributed by atoms with Crippen LogP contribution in [0.25, 0.3) is 0 Å². The second kappa shape index (κ2) is 25.6. The number of carbonyl (C=O) groups excluding carboxylic acids is 4. The first-order valence-corrected chi connectivity index (χ1v) is 23.6. The van der Waals surface area contributed by atoms with Crippen molar-refractivity contribution in [1.29, 1.82) is 0 Å². The van der Waals surface area contributed by atoms with Crippen LogP contribution in [0.2, 0.25) is 0 Å². The zero-order valence-electron chi connectivity index (χ0n) is 41.4. The lowest BCUT2D eigenvalue weighted by Gasteiger charge is -2.50. The normalized spacial score (nSPS) is 42.0. The molecule has 3 fully saturated rings. The third-order valence-electron chi connectivity index (χ3n) is 13.2. The molecule has 0 aromatic carbocycles. The molecular formula is C48H80N2O16. The number of rotatable bonds is 14. The Morgan fingerprint density at radius 1 is 0.894 bits per heavy atom. The van der Waals surface area contributed by atoms with Gasteiger partial charge in [0, 0.05) is 45.8 Å². The second-order valence-corrected chi connectivity index (χ2v) is 19.2. The molecule has 0 radical (unpaired) electrons. The maximum absolute atomic E-state index is 13.6. The number of aldehydes is 1. The first-order valence-electron chi connectivity index (χ1n) is 23.6. The molecule has 19 atom stereocenters. The predicted octanol–water partition coefficient (Wildman–Crippen LogP) is 3.86. The van der Waals surface area contributed by atoms with E-state index in [2.05, 4.69) is 4.90 Å². The SMILES string of the molecule is CCC(=O)O[C@@H]1CC(=O)O[C@H](C)C/C=C\C=C\[C@H](O[C@H]2CC[C@H](N(C)C)[C@@H](C)O2)[C@H](C)C[C@H](CC=O)[C@H](O[C@@H]2O[C@H](C)[C@@H](O[C@H]3C[C@@](C)(O)[C@@H](OC(C)=O)[C@H](C)O3)[C@H](N(C)C)[C@H]2O)[C@@H]1OC. The highest BCUT2D eigenvalue weighted by Gasteiger charge is 2.53. The predicted molar refractivity (Wildman–Crippen MR) is 241 cm³/mol. The van der Waals surface area contributed by atoms with Crippen LogP contribution in [0.3, 0.4) is 0 Å². The van der Waals surface area contributed by atoms with Crippen LogP contribution in [0.5, 0.6) is 0 Å². The van der Waals surface area contributed by atoms with E-state index < -0.39 is 115 Å². The third kappa shape index (κ3) is 15.3. The van der Waals surface area contributed by atoms with Crippen LogP contribution < -0.4 is 0 Å². The number of allylic oxidation sites excluding steroid dienone is 2. The van der Waals surface area contributed by atoms with Crippen molar-refractivity contribution in [2.45, 2.75) is 210 Å². The first-order chi connectivity index (χ1) is 31.1. The quantitative estimate of drug-likeness (QED) is 0.144. The summed E-state index contributed by atoms with van der Waals surface area (Å²) in [7, 11) is 9.01. The van der Waals surface area contributed by atoms with Crippen LogP contribution in [0.1, 0.15) is 107 Å². The van der Waals surface area contributed by atoms with E-state index in [9.17, 15) is 29.4 Å². The highest BCUT2D eigenvalue weighted by molar-refractivity contribution is 5.72. The summed E-state index contributed by atoms with van der Waals surface area (Å²) in [4.78, 5) is 55.1. The van der Waals surface area contributed by atoms with E-state index >= 15 is 0 Å². The van der Waals surface area contributed by atoms with E-state index in [4.69, 9.17) is 47.4 Å². The Morgan fingerprint density at radius 2 is 1.59 bits per heavy atom. The zero-order valence-corrected chi connectivity index (χ0v) is 41.4. The van der Waals surface area contributed by atoms with Gasteiger partial charge in [-0.15, -0.1) is 0 Å². The summed E-state index contributed by atoms with van der Waals surface area (Å²) < 4.78 is 62.4. The van der Waals surface area contributed by atoms with Crippen LogP contribution in [0, 0.1) is 11.8 Å². The Bertz CT molecular complexity index is 1610. The van der Waals surface area contributed by atoms with Gasteiger partial charge in [0.05, 0.1) is 43.0 Å². The Morgan fingerprint density at radius 3 is 2.18 bits per heavy atom. The number of aliphatic hydroxyl groups is 2. The lowest BCUT2D eigenvalue weighted by molar-refractivity contribution is -0.344. The summed E-state index contributed by atoms with van der Waals surface area (Å²) in [5.74, 6) is -2.72. The number of aliphatic hydroxyl groups excluding tert-OH is 1. The average molecular weight is 941 g/mol. The van der Waals surface area contributed by atoms with Gasteiger partial charge in [-0.05, 0) is 93.9 Å². The first kappa shape index (κ1) is 55.7. The summed E-state index contributed by atoms with van der Waals surface area (Å²) in [6.45, 7) is 13.7. The molecule has 4 aliphatic rings. The van der Waals surface area contributed by atoms with Gasteiger partial charge in [-0.25, -0.2) is 0 Å². The number of likely N-dealkylation sites (N-methyl/N-ethyl adjacent to an activating group) is 2. The number of cyclic esters (lactones) is 1. The fourth-order valence-corrected chi connectivity index (χ4v) is 9.84. The van der Waals surface area contributed by atoms with Crippen molar-refractivity contribution in [2.24, 2.45) is 11.8 Å². The van der Waals surface area contributed by atoms with Crippen LogP contribution in [0.4, 0.5) is 0 Å². The van der Waals surface area contributed by atoms with Gasteiger partial charge in [0.25, 0.3) is 0 Å². The lowest BCUT2D eigenvalue weighted by Crippen LogP contribution is -2.66. The fourth-order valence-electron chi connectivity index (χ4n) is 9.84. The monoisotopic (exact) mass is 941 g/mol. The van der Waals surface area contributed by atoms with Gasteiger partial charge in [0.2, 0.25) is 0 Å². The van der Waals surface area contributed by atoms with E-state index in [1.807, 2.05) is 52.2 Å². The van der Waals surface area contributed by atoms with Gasteiger partial charge in [-0.2, -0.15) is 0 Å². The van der Waals surface area contributed by atoms with Crippen molar-refractivity contribution >= 4 is 24.2 Å². The van der Waals surface area contributed by atoms with Gasteiger partial charge < -0.3 is 72.2 Å². The molecule has 0 spiro atoms. The van der Waals surface area contributed by atoms with Crippen molar-refractivity contribution in [3.05, 3.63) is 24.3 Å². The fraction of sp³-hybridized carbons (Fsp3) is 0.833. The molecule has 3 saturated heterocycles. The molecule has 0 aliphatic carbocycles. The number of ether oxygens (including phenoxy) is 10. The summed E-state index contributed by atoms with van der Waals surface area (Å²) >= 11 is 0. The lowest BCUT2D eigenvalue weighted by atomic mass is 9.82. The van der Waals surface area contributed by atoms with Crippen molar-refractivity contribution in [3.8, 4) is 0 Å². The van der Waals surface area contributed by atoms with E-state index in [0.717, 1.165) is 12.7 Å². The van der Waals surface area contributed by atoms with Gasteiger partial charge in [0.1, 0.15) is 42.4 Å². The standard InChI is InChI=1S/C48H80N2O16/c1-14-37(53)63-36-25-38(54)58-28(3)18-16-15-17-19-35(64-39-21-20-34(49(9)10)29(4)59-39)27(2)24-33(22-23-51)44(45(36)57-13)66-47-42(55)41(50(11)12)43(30(5)61-47)65-40-26-48(8,56)46(31(6)60-40)62-32(7)52/h15-17,19,23,27-31,33-36,39-47,55-56H,14,18,20-22,24-26H2,1-13H3/b16-15-,19-17+/t27-,28-,29-,30-,31+,33+,34+,35+,36-,39+,40+,41-,42-,43-,44+,45-,46+,47+,48-/m1/s1. The van der Waals surface area contributed by atoms with E-state index in [-0.39, 0.29) is 43.7 Å². The van der Waals surface area contributed by atoms with Gasteiger partial charge in [-0.1, -0.05) is 38.2 Å². The molecule has 4 heterocycles. The smallest absolute Gasteiger partial charge is 0.309 e. The molecule has 0 saturated carbocycles. The molecule has 4 rings (SSSR count). The maximum atomic E-state index is 13.6. The van der Waals surface area contributed by atoms with Gasteiger partial charge >= 0.3 is 17.9 Å². The molecule has 378 valence electrons. The summed E-state index contributed by atoms with van der Waals surface area (Å²) in [6.07, 6.45) is -1.89. The average Bonchev–Trinajstić information content (AvgIpc) is 3.22. The molecule has 0 unspecified atom stereocenters. The van der Waals surface area contributed by atoms with Crippen molar-refractivity contribution in [1.82, 2.24) is 9.80 Å². The maximum Gasteiger partial charge on any atom is 0.309 e. The minimum absolute atomic E-state index is 0.00317. The van der Waals surface area contributed by atoms with E-state index in [0.29, 0.717) is 19.3 Å². The second-order valence-electron chi connectivity index (χ2n) is 19.2. The topological polar surface area (TPSA) is 208 Å². The third-order valence-corrected chi connectivity index (χ3v) is 13.2. The molecule has 0 aromatic heterocycles. The molecule has 18 nitrogen and oxygen atoms in total. The summed E-state index contributed by atoms with van der Waals surface area (Å²) in [6, 6.07) is -0.545. The summed E-state index contributed by atoms with van der Waals surface area (Å²) in [5.41, 5.74) is -1.50. The van der Waals surface area contributed by atoms with Crippen molar-refractivity contribution in [2.75, 3.05) is 35.3 Å². The van der Waals surface area contributed by atoms with Crippen LogP contribution >= 0.6 is 0 Å². The van der Waals surface area contributed by atoms with Crippen LogP contribution in [0.15, 0.2) is 24.3 Å². The highest BCUT2D eigenvalue weighted by atomic mass is 16.7. The number of hydrogen-bond donors (Lipinski definition) is 2. The van der Waals surface area contributed by atoms with E-state index in [1.165, 1.54) is 14.0 Å². The van der Waals surface area contributed by atoms with Crippen molar-refractivity contribution < 1.29 is 76.8 Å². The van der Waals surface area contributed by atoms with Crippen molar-refractivity contribution in [3.63, 3.8) is 0 Å². The molecular weight excluding hydrogens is 861 g/mol. The molecule has 18 heteroatoms. The molecule has 2 N–H and O–H groups in total. The minimum atomic E-state index is -1.50. The minimum Gasteiger partial charge on any atom is -0.462 e. The number of esters is 3. The zero-order chi connectivity index (χ0) is 49.0.